The van der Waals surface area contributed by atoms with Crippen molar-refractivity contribution in [1.29, 1.82) is 0 Å². The molecule has 0 heterocycles. The van der Waals surface area contributed by atoms with E-state index in [0.717, 1.165) is 5.56 Å². The molecule has 1 rings (SSSR count). The SMILES string of the molecule is C=Cc1ccc(F)cc1.F[B-](F)(F)F.F[B-](F)(F)F.F[B-](F)(F)F.[KH]. The van der Waals surface area contributed by atoms with Crippen LogP contribution in [0.3, 0.4) is 0 Å². The van der Waals surface area contributed by atoms with E-state index in [2.05, 4.69) is 6.58 Å². The third-order valence-corrected chi connectivity index (χ3v) is 1.11. The molecular formula is C8H8B3F13K-3. The summed E-state index contributed by atoms with van der Waals surface area (Å²) in [4.78, 5) is 0. The second kappa shape index (κ2) is 15.0. The van der Waals surface area contributed by atoms with Gasteiger partial charge >= 0.3 is 73.1 Å². The molecule has 0 saturated heterocycles. The van der Waals surface area contributed by atoms with Gasteiger partial charge in [-0.1, -0.05) is 24.8 Å². The summed E-state index contributed by atoms with van der Waals surface area (Å²) in [5, 5.41) is 0. The van der Waals surface area contributed by atoms with Gasteiger partial charge < -0.3 is 51.8 Å². The molecule has 0 amide bonds. The van der Waals surface area contributed by atoms with Crippen molar-refractivity contribution in [1.82, 2.24) is 0 Å². The molecule has 17 heteroatoms. The quantitative estimate of drug-likeness (QED) is 0.401. The van der Waals surface area contributed by atoms with E-state index in [1.807, 2.05) is 0 Å². The predicted octanol–water partition coefficient (Wildman–Crippen LogP) is 5.72. The summed E-state index contributed by atoms with van der Waals surface area (Å²) in [5.41, 5.74) is 0.941. The van der Waals surface area contributed by atoms with Crippen LogP contribution in [0.4, 0.5) is 56.2 Å². The van der Waals surface area contributed by atoms with Crippen molar-refractivity contribution in [2.75, 3.05) is 0 Å². The van der Waals surface area contributed by atoms with Crippen LogP contribution in [0.5, 0.6) is 0 Å². The van der Waals surface area contributed by atoms with Crippen LogP contribution in [0.15, 0.2) is 30.8 Å². The molecule has 144 valence electrons. The summed E-state index contributed by atoms with van der Waals surface area (Å²) in [6.07, 6.45) is 1.68. The van der Waals surface area contributed by atoms with E-state index in [-0.39, 0.29) is 57.2 Å². The monoisotopic (exact) mass is 423 g/mol. The average Bonchev–Trinajstić information content (AvgIpc) is 2.23. The number of hydrogen-bond donors (Lipinski definition) is 0. The molecule has 1 aromatic rings. The van der Waals surface area contributed by atoms with Gasteiger partial charge in [0, 0.05) is 0 Å². The van der Waals surface area contributed by atoms with Crippen LogP contribution >= 0.6 is 0 Å². The van der Waals surface area contributed by atoms with Crippen LogP contribution in [0.1, 0.15) is 5.56 Å². The molecule has 0 atom stereocenters. The van der Waals surface area contributed by atoms with E-state index in [9.17, 15) is 56.2 Å². The molecular weight excluding hydrogens is 415 g/mol. The number of rotatable bonds is 1. The zero-order valence-electron chi connectivity index (χ0n) is 11.2. The minimum atomic E-state index is -6.00. The normalized spacial score (nSPS) is 10.4. The summed E-state index contributed by atoms with van der Waals surface area (Å²) < 4.78 is 129. The molecule has 0 radical (unpaired) electrons. The Labute approximate surface area is 176 Å². The fourth-order valence-electron chi connectivity index (χ4n) is 0.599. The molecule has 0 fully saturated rings. The average molecular weight is 423 g/mol. The van der Waals surface area contributed by atoms with Crippen LogP contribution < -0.4 is 0 Å². The number of halogens is 13. The molecule has 0 saturated carbocycles. The van der Waals surface area contributed by atoms with Gasteiger partial charge in [0.15, 0.2) is 0 Å². The first kappa shape index (κ1) is 32.5. The van der Waals surface area contributed by atoms with Gasteiger partial charge in [-0.3, -0.25) is 0 Å². The van der Waals surface area contributed by atoms with Gasteiger partial charge in [0.25, 0.3) is 0 Å². The maximum absolute atomic E-state index is 12.2. The summed E-state index contributed by atoms with van der Waals surface area (Å²) in [6.45, 7) is 3.54. The zero-order valence-corrected chi connectivity index (χ0v) is 11.2. The van der Waals surface area contributed by atoms with E-state index in [0.29, 0.717) is 0 Å². The van der Waals surface area contributed by atoms with Crippen molar-refractivity contribution in [3.8, 4) is 0 Å². The van der Waals surface area contributed by atoms with Gasteiger partial charge in [0.2, 0.25) is 0 Å². The number of benzene rings is 1. The molecule has 0 spiro atoms. The van der Waals surface area contributed by atoms with Crippen molar-refractivity contribution in [2.45, 2.75) is 0 Å². The Morgan fingerprint density at radius 2 is 0.800 bits per heavy atom. The van der Waals surface area contributed by atoms with Crippen LogP contribution in [0.2, 0.25) is 0 Å². The van der Waals surface area contributed by atoms with Gasteiger partial charge in [-0.15, -0.1) is 0 Å². The Bertz CT molecular complexity index is 392. The summed E-state index contributed by atoms with van der Waals surface area (Å²) in [7, 11) is -18.0. The summed E-state index contributed by atoms with van der Waals surface area (Å²) >= 11 is 0. The molecule has 0 bridgehead atoms. The topological polar surface area (TPSA) is 0 Å². The third kappa shape index (κ3) is 81.0. The molecule has 0 aromatic heterocycles. The molecule has 0 nitrogen and oxygen atoms in total. The summed E-state index contributed by atoms with van der Waals surface area (Å²) in [6, 6.07) is 6.19. The Morgan fingerprint density at radius 1 is 0.600 bits per heavy atom. The first-order valence-electron chi connectivity index (χ1n) is 5.33. The molecule has 0 aliphatic heterocycles. The molecule has 0 N–H and O–H groups in total. The van der Waals surface area contributed by atoms with Gasteiger partial charge in [-0.25, -0.2) is 4.39 Å². The molecule has 0 unspecified atom stereocenters. The van der Waals surface area contributed by atoms with E-state index in [4.69, 9.17) is 0 Å². The Morgan fingerprint density at radius 3 is 0.960 bits per heavy atom. The summed E-state index contributed by atoms with van der Waals surface area (Å²) in [5.74, 6) is -0.208. The zero-order chi connectivity index (χ0) is 20.2. The Balaban J connectivity index is -0.000000122. The van der Waals surface area contributed by atoms with Gasteiger partial charge in [0.05, 0.1) is 0 Å². The maximum atomic E-state index is 12.2. The standard InChI is InChI=1S/C8H7F.3BF4.K.H/c1-2-7-3-5-8(9)6-4-7;3*2-1(3,4)5;;/h2-6H,1H2;;;;;/q;3*-1;;. The van der Waals surface area contributed by atoms with Crippen LogP contribution in [0, 0.1) is 5.82 Å². The number of hydrogen-bond acceptors (Lipinski definition) is 0. The molecule has 0 aliphatic rings. The van der Waals surface area contributed by atoms with E-state index < -0.39 is 21.8 Å². The minimum absolute atomic E-state index is 0. The van der Waals surface area contributed by atoms with Gasteiger partial charge in [-0.2, -0.15) is 0 Å². The van der Waals surface area contributed by atoms with E-state index in [1.165, 1.54) is 12.1 Å². The molecule has 0 aliphatic carbocycles. The molecule has 25 heavy (non-hydrogen) atoms. The van der Waals surface area contributed by atoms with Crippen molar-refractivity contribution in [3.63, 3.8) is 0 Å². The first-order chi connectivity index (χ1) is 10.3. The fraction of sp³-hybridized carbons (Fsp3) is 0. The third-order valence-electron chi connectivity index (χ3n) is 1.11. The molecule has 1 aromatic carbocycles. The van der Waals surface area contributed by atoms with E-state index >= 15 is 0 Å². The van der Waals surface area contributed by atoms with Crippen molar-refractivity contribution in [2.24, 2.45) is 0 Å². The van der Waals surface area contributed by atoms with E-state index in [1.54, 1.807) is 18.2 Å². The van der Waals surface area contributed by atoms with Crippen molar-refractivity contribution < 1.29 is 56.2 Å². The second-order valence-corrected chi connectivity index (χ2v) is 3.24. The predicted molar refractivity (Wildman–Crippen MR) is 74.2 cm³/mol. The van der Waals surface area contributed by atoms with Crippen LogP contribution in [-0.2, 0) is 0 Å². The first-order valence-corrected chi connectivity index (χ1v) is 5.33. The van der Waals surface area contributed by atoms with Crippen molar-refractivity contribution in [3.05, 3.63) is 42.2 Å². The van der Waals surface area contributed by atoms with Crippen LogP contribution in [0.25, 0.3) is 6.08 Å². The second-order valence-electron chi connectivity index (χ2n) is 3.24. The van der Waals surface area contributed by atoms with Crippen molar-refractivity contribution >= 4 is 79.2 Å². The van der Waals surface area contributed by atoms with Gasteiger partial charge in [0.1, 0.15) is 5.82 Å². The fourth-order valence-corrected chi connectivity index (χ4v) is 0.599. The Kier molecular flexibility index (Phi) is 19.5. The van der Waals surface area contributed by atoms with Gasteiger partial charge in [-0.05, 0) is 17.7 Å². The Hall–Kier alpha value is -0.119. The van der Waals surface area contributed by atoms with Crippen LogP contribution in [-0.4, -0.2) is 73.1 Å².